The summed E-state index contributed by atoms with van der Waals surface area (Å²) in [5.74, 6) is -0.360. The number of carbonyl (C=O) groups is 2. The minimum atomic E-state index is -0.273. The van der Waals surface area contributed by atoms with Gasteiger partial charge in [-0.15, -0.1) is 10.2 Å². The van der Waals surface area contributed by atoms with E-state index in [2.05, 4.69) is 20.8 Å². The fourth-order valence-corrected chi connectivity index (χ4v) is 3.95. The molecule has 30 heavy (non-hydrogen) atoms. The topological polar surface area (TPSA) is 87.2 Å². The highest BCUT2D eigenvalue weighted by atomic mass is 32.2. The third-order valence-electron chi connectivity index (χ3n) is 3.91. The lowest BCUT2D eigenvalue weighted by molar-refractivity contribution is -0.113. The first kappa shape index (κ1) is 21.7. The quantitative estimate of drug-likeness (QED) is 0.514. The van der Waals surface area contributed by atoms with Crippen LogP contribution in [0.4, 0.5) is 15.2 Å². The molecule has 10 heteroatoms. The van der Waals surface area contributed by atoms with Gasteiger partial charge < -0.3 is 15.5 Å². The molecule has 0 aliphatic heterocycles. The molecule has 0 atom stereocenters. The van der Waals surface area contributed by atoms with E-state index in [1.165, 1.54) is 40.1 Å². The Kier molecular flexibility index (Phi) is 7.36. The van der Waals surface area contributed by atoms with Crippen LogP contribution in [-0.4, -0.2) is 46.8 Å². The summed E-state index contributed by atoms with van der Waals surface area (Å²) < 4.78 is 13.6. The van der Waals surface area contributed by atoms with Gasteiger partial charge in [0.25, 0.3) is 5.91 Å². The maximum atomic E-state index is 12.9. The molecule has 0 aliphatic carbocycles. The highest BCUT2D eigenvalue weighted by molar-refractivity contribution is 8.01. The van der Waals surface area contributed by atoms with Crippen LogP contribution < -0.4 is 10.6 Å². The van der Waals surface area contributed by atoms with Crippen LogP contribution >= 0.6 is 23.1 Å². The molecular formula is C20H20FN5O2S2. The van der Waals surface area contributed by atoms with Crippen molar-refractivity contribution < 1.29 is 14.0 Å². The molecule has 0 unspecified atom stereocenters. The highest BCUT2D eigenvalue weighted by Gasteiger charge is 2.10. The SMILES string of the molecule is CN(C)C(=O)c1ccc(NC(=O)CSc2nnc(NCc3ccc(F)cc3)s2)cc1. The first-order valence-electron chi connectivity index (χ1n) is 8.97. The number of anilines is 2. The lowest BCUT2D eigenvalue weighted by Gasteiger charge is -2.10. The first-order chi connectivity index (χ1) is 14.4. The van der Waals surface area contributed by atoms with Crippen molar-refractivity contribution in [2.75, 3.05) is 30.5 Å². The Morgan fingerprint density at radius 3 is 2.43 bits per heavy atom. The van der Waals surface area contributed by atoms with E-state index >= 15 is 0 Å². The van der Waals surface area contributed by atoms with E-state index in [-0.39, 0.29) is 23.4 Å². The molecule has 0 saturated carbocycles. The summed E-state index contributed by atoms with van der Waals surface area (Å²) in [5, 5.41) is 14.6. The maximum absolute atomic E-state index is 12.9. The fraction of sp³-hybridized carbons (Fsp3) is 0.200. The summed E-state index contributed by atoms with van der Waals surface area (Å²) in [4.78, 5) is 25.5. The Labute approximate surface area is 181 Å². The normalized spacial score (nSPS) is 10.5. The Balaban J connectivity index is 1.44. The number of nitrogens with one attached hydrogen (secondary N) is 2. The van der Waals surface area contributed by atoms with Gasteiger partial charge in [0.15, 0.2) is 4.34 Å². The second-order valence-electron chi connectivity index (χ2n) is 6.47. The third-order valence-corrected chi connectivity index (χ3v) is 5.93. The molecule has 0 bridgehead atoms. The number of carbonyl (C=O) groups excluding carboxylic acids is 2. The molecule has 1 aromatic heterocycles. The zero-order valence-electron chi connectivity index (χ0n) is 16.4. The lowest BCUT2D eigenvalue weighted by atomic mass is 10.2. The summed E-state index contributed by atoms with van der Waals surface area (Å²) in [6.07, 6.45) is 0. The van der Waals surface area contributed by atoms with Gasteiger partial charge in [-0.2, -0.15) is 0 Å². The van der Waals surface area contributed by atoms with Crippen molar-refractivity contribution in [1.29, 1.82) is 0 Å². The van der Waals surface area contributed by atoms with Crippen molar-refractivity contribution in [3.8, 4) is 0 Å². The van der Waals surface area contributed by atoms with Gasteiger partial charge >= 0.3 is 0 Å². The lowest BCUT2D eigenvalue weighted by Crippen LogP contribution is -2.21. The van der Waals surface area contributed by atoms with Crippen molar-refractivity contribution in [1.82, 2.24) is 15.1 Å². The fourth-order valence-electron chi connectivity index (χ4n) is 2.40. The molecule has 0 radical (unpaired) electrons. The monoisotopic (exact) mass is 445 g/mol. The zero-order chi connectivity index (χ0) is 21.5. The molecule has 2 aromatic carbocycles. The van der Waals surface area contributed by atoms with E-state index in [0.29, 0.717) is 27.3 Å². The average molecular weight is 446 g/mol. The Hall–Kier alpha value is -2.98. The zero-order valence-corrected chi connectivity index (χ0v) is 18.0. The van der Waals surface area contributed by atoms with Gasteiger partial charge in [0.2, 0.25) is 11.0 Å². The number of benzene rings is 2. The number of aromatic nitrogens is 2. The van der Waals surface area contributed by atoms with Crippen LogP contribution in [0.1, 0.15) is 15.9 Å². The van der Waals surface area contributed by atoms with Crippen LogP contribution in [0.25, 0.3) is 0 Å². The summed E-state index contributed by atoms with van der Waals surface area (Å²) in [6, 6.07) is 13.0. The number of nitrogens with zero attached hydrogens (tertiary/aromatic N) is 3. The van der Waals surface area contributed by atoms with Gasteiger partial charge in [-0.05, 0) is 42.0 Å². The molecule has 3 rings (SSSR count). The van der Waals surface area contributed by atoms with Crippen LogP contribution in [0.2, 0.25) is 0 Å². The minimum absolute atomic E-state index is 0.0939. The van der Waals surface area contributed by atoms with Gasteiger partial charge in [0, 0.05) is 31.9 Å². The van der Waals surface area contributed by atoms with Crippen LogP contribution in [0.5, 0.6) is 0 Å². The summed E-state index contributed by atoms with van der Waals surface area (Å²) in [6.45, 7) is 0.506. The standard InChI is InChI=1S/C20H20FN5O2S2/c1-26(2)18(28)14-5-9-16(10-6-14)23-17(27)12-29-20-25-24-19(30-20)22-11-13-3-7-15(21)8-4-13/h3-10H,11-12H2,1-2H3,(H,22,24)(H,23,27). The molecule has 1 heterocycles. The van der Waals surface area contributed by atoms with Crippen LogP contribution in [0, 0.1) is 5.82 Å². The highest BCUT2D eigenvalue weighted by Crippen LogP contribution is 2.26. The first-order valence-corrected chi connectivity index (χ1v) is 10.8. The van der Waals surface area contributed by atoms with E-state index in [9.17, 15) is 14.0 Å². The predicted molar refractivity (Wildman–Crippen MR) is 117 cm³/mol. The molecule has 0 spiro atoms. The number of rotatable bonds is 8. The number of halogens is 1. The minimum Gasteiger partial charge on any atom is -0.356 e. The summed E-state index contributed by atoms with van der Waals surface area (Å²) in [7, 11) is 3.37. The molecule has 156 valence electrons. The number of hydrogen-bond donors (Lipinski definition) is 2. The van der Waals surface area contributed by atoms with Gasteiger partial charge in [-0.1, -0.05) is 35.2 Å². The second kappa shape index (κ2) is 10.2. The average Bonchev–Trinajstić information content (AvgIpc) is 3.20. The van der Waals surface area contributed by atoms with Crippen LogP contribution in [0.3, 0.4) is 0 Å². The molecule has 3 aromatic rings. The van der Waals surface area contributed by atoms with Crippen LogP contribution in [-0.2, 0) is 11.3 Å². The molecule has 7 nitrogen and oxygen atoms in total. The number of hydrogen-bond acceptors (Lipinski definition) is 7. The Morgan fingerprint density at radius 2 is 1.77 bits per heavy atom. The molecule has 0 aliphatic rings. The van der Waals surface area contributed by atoms with Gasteiger partial charge in [0.05, 0.1) is 5.75 Å². The maximum Gasteiger partial charge on any atom is 0.253 e. The summed E-state index contributed by atoms with van der Waals surface area (Å²) >= 11 is 2.63. The van der Waals surface area contributed by atoms with E-state index in [0.717, 1.165) is 5.56 Å². The molecule has 0 fully saturated rings. The number of thioether (sulfide) groups is 1. The summed E-state index contributed by atoms with van der Waals surface area (Å²) in [5.41, 5.74) is 2.11. The van der Waals surface area contributed by atoms with Crippen molar-refractivity contribution >= 4 is 45.7 Å². The van der Waals surface area contributed by atoms with E-state index in [1.807, 2.05) is 0 Å². The van der Waals surface area contributed by atoms with Gasteiger partial charge in [0.1, 0.15) is 5.82 Å². The van der Waals surface area contributed by atoms with Crippen molar-refractivity contribution in [2.45, 2.75) is 10.9 Å². The second-order valence-corrected chi connectivity index (χ2v) is 8.67. The van der Waals surface area contributed by atoms with E-state index in [1.54, 1.807) is 50.5 Å². The molecule has 2 N–H and O–H groups in total. The smallest absolute Gasteiger partial charge is 0.253 e. The van der Waals surface area contributed by atoms with Crippen molar-refractivity contribution in [3.63, 3.8) is 0 Å². The third kappa shape index (κ3) is 6.26. The molecule has 0 saturated heterocycles. The van der Waals surface area contributed by atoms with E-state index in [4.69, 9.17) is 0 Å². The predicted octanol–water partition coefficient (Wildman–Crippen LogP) is 3.72. The Bertz CT molecular complexity index is 1010. The number of amides is 2. The van der Waals surface area contributed by atoms with Crippen molar-refractivity contribution in [2.24, 2.45) is 0 Å². The van der Waals surface area contributed by atoms with Crippen molar-refractivity contribution in [3.05, 3.63) is 65.5 Å². The van der Waals surface area contributed by atoms with Crippen LogP contribution in [0.15, 0.2) is 52.9 Å². The molecular weight excluding hydrogens is 425 g/mol. The molecule has 2 amide bonds. The van der Waals surface area contributed by atoms with Gasteiger partial charge in [-0.3, -0.25) is 9.59 Å². The Morgan fingerprint density at radius 1 is 1.07 bits per heavy atom. The largest absolute Gasteiger partial charge is 0.356 e. The van der Waals surface area contributed by atoms with Gasteiger partial charge in [-0.25, -0.2) is 4.39 Å². The van der Waals surface area contributed by atoms with E-state index < -0.39 is 0 Å².